The summed E-state index contributed by atoms with van der Waals surface area (Å²) < 4.78 is 6.57. The van der Waals surface area contributed by atoms with Crippen LogP contribution in [0.2, 0.25) is 0 Å². The highest BCUT2D eigenvalue weighted by atomic mass is 16.6. The molecule has 9 rings (SSSR count). The summed E-state index contributed by atoms with van der Waals surface area (Å²) in [5.74, 6) is 4.67. The van der Waals surface area contributed by atoms with Crippen molar-refractivity contribution >= 4 is 23.5 Å². The Hall–Kier alpha value is -5.65. The van der Waals surface area contributed by atoms with Crippen molar-refractivity contribution in [2.45, 2.75) is 87.4 Å². The summed E-state index contributed by atoms with van der Waals surface area (Å²) in [5, 5.41) is 13.8. The SMILES string of the molecule is O=C1O[C@H](c2ccccc2)[C@H](c2ccccc2)N2[C@H]1[C@@H](C(=O)N1CCCCCCC1)[C@]1(C(=O)Nc3ccc(C#CC4=CCCCC4)cc31)[C@H]2c1ccc(O)cc1. The Morgan fingerprint density at radius 3 is 2.14 bits per heavy atom. The summed E-state index contributed by atoms with van der Waals surface area (Å²) in [6.07, 6.45) is 10.6. The quantitative estimate of drug-likeness (QED) is 0.161. The van der Waals surface area contributed by atoms with Gasteiger partial charge in [0.25, 0.3) is 0 Å². The van der Waals surface area contributed by atoms with Gasteiger partial charge in [0.1, 0.15) is 23.3 Å². The summed E-state index contributed by atoms with van der Waals surface area (Å²) in [4.78, 5) is 50.2. The molecule has 3 saturated heterocycles. The Kier molecular flexibility index (Phi) is 9.72. The monoisotopic (exact) mass is 745 g/mol. The molecule has 2 N–H and O–H groups in total. The van der Waals surface area contributed by atoms with Crippen LogP contribution in [0.5, 0.6) is 5.75 Å². The first-order valence-corrected chi connectivity index (χ1v) is 20.3. The van der Waals surface area contributed by atoms with Gasteiger partial charge in [-0.05, 0) is 96.7 Å². The summed E-state index contributed by atoms with van der Waals surface area (Å²) in [6.45, 7) is 1.11. The lowest BCUT2D eigenvalue weighted by molar-refractivity contribution is -0.179. The zero-order valence-corrected chi connectivity index (χ0v) is 31.5. The van der Waals surface area contributed by atoms with Crippen LogP contribution in [0.15, 0.2) is 115 Å². The third-order valence-corrected chi connectivity index (χ3v) is 12.6. The van der Waals surface area contributed by atoms with Gasteiger partial charge in [-0.2, -0.15) is 0 Å². The van der Waals surface area contributed by atoms with Crippen molar-refractivity contribution < 1.29 is 24.2 Å². The molecule has 0 saturated carbocycles. The molecular formula is C48H47N3O5. The molecule has 6 atom stereocenters. The van der Waals surface area contributed by atoms with Crippen LogP contribution in [0, 0.1) is 17.8 Å². The largest absolute Gasteiger partial charge is 0.508 e. The number of hydrogen-bond acceptors (Lipinski definition) is 6. The molecule has 3 fully saturated rings. The number of amides is 2. The fourth-order valence-corrected chi connectivity index (χ4v) is 10.1. The molecule has 4 heterocycles. The lowest BCUT2D eigenvalue weighted by atomic mass is 9.65. The summed E-state index contributed by atoms with van der Waals surface area (Å²) >= 11 is 0. The third kappa shape index (κ3) is 6.19. The van der Waals surface area contributed by atoms with Crippen LogP contribution in [0.1, 0.15) is 104 Å². The van der Waals surface area contributed by atoms with E-state index in [4.69, 9.17) is 4.74 Å². The smallest absolute Gasteiger partial charge is 0.324 e. The lowest BCUT2D eigenvalue weighted by Crippen LogP contribution is -2.55. The number of anilines is 1. The van der Waals surface area contributed by atoms with Crippen molar-refractivity contribution in [3.05, 3.63) is 143 Å². The summed E-state index contributed by atoms with van der Waals surface area (Å²) in [7, 11) is 0. The van der Waals surface area contributed by atoms with Crippen molar-refractivity contribution in [1.29, 1.82) is 0 Å². The van der Waals surface area contributed by atoms with Gasteiger partial charge >= 0.3 is 5.97 Å². The summed E-state index contributed by atoms with van der Waals surface area (Å²) in [5.41, 5.74) is 3.98. The van der Waals surface area contributed by atoms with Crippen LogP contribution in [-0.4, -0.2) is 51.8 Å². The van der Waals surface area contributed by atoms with E-state index in [-0.39, 0.29) is 17.6 Å². The van der Waals surface area contributed by atoms with E-state index in [0.29, 0.717) is 29.9 Å². The molecule has 2 amide bonds. The summed E-state index contributed by atoms with van der Waals surface area (Å²) in [6, 6.07) is 29.9. The molecule has 4 aliphatic heterocycles. The maximum Gasteiger partial charge on any atom is 0.324 e. The van der Waals surface area contributed by atoms with E-state index in [9.17, 15) is 5.11 Å². The standard InChI is InChI=1S/C48H47N3O5/c52-37-26-24-36(25-27-37)44-48(38-31-33(23-28-39(38)49-47(48)55)22-21-32-15-7-4-8-16-32)40(45(53)50-29-13-2-1-3-14-30-50)42-46(54)56-43(35-19-11-6-12-20-35)41(51(42)44)34-17-9-5-10-18-34/h5-6,9-12,15,17-20,23-28,31,40-44,52H,1-4,7-8,13-14,16,29-30H2,(H,49,55)/t40-,41-,42-,43+,44+,48-/m0/s1. The van der Waals surface area contributed by atoms with E-state index < -0.39 is 41.5 Å². The van der Waals surface area contributed by atoms with Gasteiger partial charge in [0.05, 0.1) is 18.0 Å². The number of ether oxygens (including phenoxy) is 1. The molecule has 0 bridgehead atoms. The molecule has 4 aromatic rings. The molecule has 284 valence electrons. The second-order valence-corrected chi connectivity index (χ2v) is 15.9. The zero-order chi connectivity index (χ0) is 38.2. The first-order chi connectivity index (χ1) is 27.4. The van der Waals surface area contributed by atoms with Crippen LogP contribution >= 0.6 is 0 Å². The highest BCUT2D eigenvalue weighted by Gasteiger charge is 2.74. The Balaban J connectivity index is 1.31. The fourth-order valence-electron chi connectivity index (χ4n) is 10.1. The number of esters is 1. The van der Waals surface area contributed by atoms with Crippen molar-refractivity contribution in [3.63, 3.8) is 0 Å². The van der Waals surface area contributed by atoms with Gasteiger partial charge < -0.3 is 20.1 Å². The molecular weight excluding hydrogens is 699 g/mol. The number of cyclic esters (lactones) is 1. The van der Waals surface area contributed by atoms with Gasteiger partial charge in [-0.3, -0.25) is 19.3 Å². The van der Waals surface area contributed by atoms with Crippen LogP contribution in [-0.2, 0) is 24.5 Å². The number of carbonyl (C=O) groups is 3. The van der Waals surface area contributed by atoms with Gasteiger partial charge in [0, 0.05) is 24.3 Å². The molecule has 1 spiro atoms. The molecule has 5 aliphatic rings. The molecule has 1 aliphatic carbocycles. The van der Waals surface area contributed by atoms with Crippen LogP contribution in [0.25, 0.3) is 0 Å². The predicted octanol–water partition coefficient (Wildman–Crippen LogP) is 8.31. The first kappa shape index (κ1) is 36.0. The van der Waals surface area contributed by atoms with Gasteiger partial charge in [0.15, 0.2) is 0 Å². The number of phenols is 1. The van der Waals surface area contributed by atoms with Gasteiger partial charge in [-0.25, -0.2) is 0 Å². The number of nitrogens with one attached hydrogen (secondary N) is 1. The van der Waals surface area contributed by atoms with Crippen molar-refractivity contribution in [3.8, 4) is 17.6 Å². The molecule has 4 aromatic carbocycles. The molecule has 8 heteroatoms. The number of benzene rings is 4. The molecule has 0 radical (unpaired) electrons. The topological polar surface area (TPSA) is 99.2 Å². The Labute approximate surface area is 328 Å². The average molecular weight is 746 g/mol. The molecule has 56 heavy (non-hydrogen) atoms. The number of morpholine rings is 1. The number of phenolic OH excluding ortho intramolecular Hbond substituents is 1. The first-order valence-electron chi connectivity index (χ1n) is 20.3. The zero-order valence-electron chi connectivity index (χ0n) is 31.5. The minimum Gasteiger partial charge on any atom is -0.508 e. The Morgan fingerprint density at radius 1 is 0.750 bits per heavy atom. The maximum atomic E-state index is 15.7. The number of nitrogens with zero attached hydrogens (tertiary/aromatic N) is 2. The minimum atomic E-state index is -1.56. The third-order valence-electron chi connectivity index (χ3n) is 12.6. The van der Waals surface area contributed by atoms with E-state index >= 15 is 14.4 Å². The number of likely N-dealkylation sites (tertiary alicyclic amines) is 1. The number of fused-ring (bicyclic) bond motifs is 3. The predicted molar refractivity (Wildman–Crippen MR) is 214 cm³/mol. The average Bonchev–Trinajstić information content (AvgIpc) is 3.69. The lowest BCUT2D eigenvalue weighted by Gasteiger charge is -2.46. The second kappa shape index (κ2) is 15.1. The van der Waals surface area contributed by atoms with Crippen molar-refractivity contribution in [1.82, 2.24) is 9.80 Å². The van der Waals surface area contributed by atoms with Gasteiger partial charge in [0.2, 0.25) is 11.8 Å². The Bertz CT molecular complexity index is 2220. The number of carbonyl (C=O) groups excluding carboxylic acids is 3. The van der Waals surface area contributed by atoms with Crippen LogP contribution in [0.3, 0.4) is 0 Å². The van der Waals surface area contributed by atoms with Gasteiger partial charge in [-0.15, -0.1) is 0 Å². The van der Waals surface area contributed by atoms with Gasteiger partial charge in [-0.1, -0.05) is 110 Å². The minimum absolute atomic E-state index is 0.0799. The number of allylic oxidation sites excluding steroid dienone is 2. The number of hydrogen-bond donors (Lipinski definition) is 2. The highest BCUT2D eigenvalue weighted by molar-refractivity contribution is 6.12. The molecule has 0 unspecified atom stereocenters. The van der Waals surface area contributed by atoms with Crippen molar-refractivity contribution in [2.24, 2.45) is 5.92 Å². The normalized spacial score (nSPS) is 27.5. The van der Waals surface area contributed by atoms with Crippen molar-refractivity contribution in [2.75, 3.05) is 18.4 Å². The maximum absolute atomic E-state index is 15.7. The fraction of sp³-hybridized carbons (Fsp3) is 0.354. The van der Waals surface area contributed by atoms with E-state index in [2.05, 4.69) is 28.1 Å². The van der Waals surface area contributed by atoms with Crippen LogP contribution < -0.4 is 5.32 Å². The van der Waals surface area contributed by atoms with E-state index in [1.54, 1.807) is 12.1 Å². The van der Waals surface area contributed by atoms with Crippen LogP contribution in [0.4, 0.5) is 5.69 Å². The second-order valence-electron chi connectivity index (χ2n) is 15.9. The highest BCUT2D eigenvalue weighted by Crippen LogP contribution is 2.65. The van der Waals surface area contributed by atoms with E-state index in [1.165, 1.54) is 6.42 Å². The molecule has 0 aromatic heterocycles. The van der Waals surface area contributed by atoms with E-state index in [0.717, 1.165) is 73.6 Å². The molecule has 8 nitrogen and oxygen atoms in total. The number of aromatic hydroxyl groups is 1. The number of rotatable bonds is 4. The Morgan fingerprint density at radius 2 is 1.45 bits per heavy atom. The van der Waals surface area contributed by atoms with E-state index in [1.807, 2.05) is 95.9 Å².